The van der Waals surface area contributed by atoms with Crippen molar-refractivity contribution in [3.8, 4) is 0 Å². The highest BCUT2D eigenvalue weighted by Gasteiger charge is 2.24. The maximum absolute atomic E-state index is 6.11. The number of aryl methyl sites for hydroxylation is 2. The summed E-state index contributed by atoms with van der Waals surface area (Å²) in [5, 5.41) is 0. The number of hydrogen-bond acceptors (Lipinski definition) is 1. The van der Waals surface area contributed by atoms with Crippen molar-refractivity contribution in [2.45, 2.75) is 45.6 Å². The summed E-state index contributed by atoms with van der Waals surface area (Å²) in [6.07, 6.45) is 5.02. The maximum Gasteiger partial charge on any atom is 0.00703 e. The van der Waals surface area contributed by atoms with Gasteiger partial charge in [-0.1, -0.05) is 30.2 Å². The Balaban J connectivity index is 2.10. The second-order valence-electron chi connectivity index (χ2n) is 4.99. The van der Waals surface area contributed by atoms with E-state index in [1.165, 1.54) is 42.4 Å². The van der Waals surface area contributed by atoms with Gasteiger partial charge in [0.15, 0.2) is 0 Å². The van der Waals surface area contributed by atoms with Crippen molar-refractivity contribution < 1.29 is 0 Å². The normalized spacial score (nSPS) is 25.8. The topological polar surface area (TPSA) is 26.0 Å². The number of hydrogen-bond donors (Lipinski definition) is 1. The SMILES string of the molecule is Cc1ccc(CC2CCCC2N)c(C)c1. The third-order valence-corrected chi connectivity index (χ3v) is 3.70. The van der Waals surface area contributed by atoms with Gasteiger partial charge in [-0.05, 0) is 50.2 Å². The van der Waals surface area contributed by atoms with Gasteiger partial charge in [-0.15, -0.1) is 0 Å². The first-order valence-electron chi connectivity index (χ1n) is 5.98. The Morgan fingerprint density at radius 3 is 2.67 bits per heavy atom. The van der Waals surface area contributed by atoms with Crippen LogP contribution in [-0.2, 0) is 6.42 Å². The summed E-state index contributed by atoms with van der Waals surface area (Å²) >= 11 is 0. The Morgan fingerprint density at radius 1 is 1.27 bits per heavy atom. The van der Waals surface area contributed by atoms with Crippen LogP contribution in [0.5, 0.6) is 0 Å². The summed E-state index contributed by atoms with van der Waals surface area (Å²) in [6, 6.07) is 7.19. The fourth-order valence-corrected chi connectivity index (χ4v) is 2.68. The van der Waals surface area contributed by atoms with Gasteiger partial charge in [0, 0.05) is 6.04 Å². The molecule has 0 aromatic heterocycles. The van der Waals surface area contributed by atoms with Crippen LogP contribution < -0.4 is 5.73 Å². The van der Waals surface area contributed by atoms with Crippen LogP contribution in [0.15, 0.2) is 18.2 Å². The van der Waals surface area contributed by atoms with E-state index in [4.69, 9.17) is 5.73 Å². The third kappa shape index (κ3) is 2.40. The highest BCUT2D eigenvalue weighted by molar-refractivity contribution is 5.30. The number of rotatable bonds is 2. The van der Waals surface area contributed by atoms with Gasteiger partial charge in [-0.3, -0.25) is 0 Å². The number of nitrogens with two attached hydrogens (primary N) is 1. The summed E-state index contributed by atoms with van der Waals surface area (Å²) in [6.45, 7) is 4.36. The van der Waals surface area contributed by atoms with Crippen molar-refractivity contribution in [3.63, 3.8) is 0 Å². The lowest BCUT2D eigenvalue weighted by atomic mass is 9.92. The molecule has 0 saturated heterocycles. The molecule has 82 valence electrons. The standard InChI is InChI=1S/C14H21N/c1-10-6-7-12(11(2)8-10)9-13-4-3-5-14(13)15/h6-8,13-14H,3-5,9,15H2,1-2H3. The molecule has 1 heteroatoms. The molecule has 2 N–H and O–H groups in total. The molecule has 1 saturated carbocycles. The summed E-state index contributed by atoms with van der Waals surface area (Å²) < 4.78 is 0. The molecule has 2 unspecified atom stereocenters. The Hall–Kier alpha value is -0.820. The van der Waals surface area contributed by atoms with Crippen LogP contribution in [0.25, 0.3) is 0 Å². The molecule has 1 aliphatic carbocycles. The molecule has 1 aromatic carbocycles. The second kappa shape index (κ2) is 4.36. The predicted octanol–water partition coefficient (Wildman–Crippen LogP) is 2.97. The van der Waals surface area contributed by atoms with Gasteiger partial charge in [0.1, 0.15) is 0 Å². The Kier molecular flexibility index (Phi) is 3.11. The van der Waals surface area contributed by atoms with E-state index in [1.807, 2.05) is 0 Å². The van der Waals surface area contributed by atoms with Gasteiger partial charge in [-0.2, -0.15) is 0 Å². The van der Waals surface area contributed by atoms with Gasteiger partial charge in [0.2, 0.25) is 0 Å². The van der Waals surface area contributed by atoms with Crippen molar-refractivity contribution in [1.82, 2.24) is 0 Å². The van der Waals surface area contributed by atoms with Crippen molar-refractivity contribution in [1.29, 1.82) is 0 Å². The van der Waals surface area contributed by atoms with Crippen LogP contribution in [-0.4, -0.2) is 6.04 Å². The molecule has 0 heterocycles. The lowest BCUT2D eigenvalue weighted by Gasteiger charge is -2.16. The van der Waals surface area contributed by atoms with Crippen molar-refractivity contribution in [3.05, 3.63) is 34.9 Å². The molecule has 15 heavy (non-hydrogen) atoms. The highest BCUT2D eigenvalue weighted by Crippen LogP contribution is 2.28. The number of benzene rings is 1. The predicted molar refractivity (Wildman–Crippen MR) is 64.9 cm³/mol. The zero-order chi connectivity index (χ0) is 10.8. The Labute approximate surface area is 92.7 Å². The quantitative estimate of drug-likeness (QED) is 0.785. The van der Waals surface area contributed by atoms with E-state index in [9.17, 15) is 0 Å². The minimum atomic E-state index is 0.436. The maximum atomic E-state index is 6.11. The van der Waals surface area contributed by atoms with Gasteiger partial charge in [0.25, 0.3) is 0 Å². The second-order valence-corrected chi connectivity index (χ2v) is 4.99. The van der Waals surface area contributed by atoms with Gasteiger partial charge < -0.3 is 5.73 Å². The Bertz CT molecular complexity index is 343. The van der Waals surface area contributed by atoms with Crippen LogP contribution in [0.4, 0.5) is 0 Å². The van der Waals surface area contributed by atoms with E-state index < -0.39 is 0 Å². The summed E-state index contributed by atoms with van der Waals surface area (Å²) in [5.74, 6) is 0.714. The lowest BCUT2D eigenvalue weighted by molar-refractivity contribution is 0.478. The van der Waals surface area contributed by atoms with E-state index in [0.29, 0.717) is 12.0 Å². The summed E-state index contributed by atoms with van der Waals surface area (Å²) in [7, 11) is 0. The molecular formula is C14H21N. The fourth-order valence-electron chi connectivity index (χ4n) is 2.68. The van der Waals surface area contributed by atoms with Gasteiger partial charge >= 0.3 is 0 Å². The molecular weight excluding hydrogens is 182 g/mol. The van der Waals surface area contributed by atoms with E-state index in [-0.39, 0.29) is 0 Å². The minimum Gasteiger partial charge on any atom is -0.327 e. The van der Waals surface area contributed by atoms with Crippen LogP contribution in [0.1, 0.15) is 36.0 Å². The summed E-state index contributed by atoms with van der Waals surface area (Å²) in [4.78, 5) is 0. The van der Waals surface area contributed by atoms with Crippen molar-refractivity contribution >= 4 is 0 Å². The third-order valence-electron chi connectivity index (χ3n) is 3.70. The molecule has 0 aliphatic heterocycles. The first kappa shape index (κ1) is 10.7. The zero-order valence-corrected chi connectivity index (χ0v) is 9.79. The summed E-state index contributed by atoms with van der Waals surface area (Å²) in [5.41, 5.74) is 10.4. The van der Waals surface area contributed by atoms with Gasteiger partial charge in [0.05, 0.1) is 0 Å². The molecule has 0 spiro atoms. The highest BCUT2D eigenvalue weighted by atomic mass is 14.7. The molecule has 1 aliphatic rings. The van der Waals surface area contributed by atoms with E-state index in [2.05, 4.69) is 32.0 Å². The molecule has 2 atom stereocenters. The average molecular weight is 203 g/mol. The van der Waals surface area contributed by atoms with Gasteiger partial charge in [-0.25, -0.2) is 0 Å². The smallest absolute Gasteiger partial charge is 0.00703 e. The van der Waals surface area contributed by atoms with E-state index in [0.717, 1.165) is 0 Å². The molecule has 0 amide bonds. The largest absolute Gasteiger partial charge is 0.327 e. The molecule has 1 nitrogen and oxygen atoms in total. The van der Waals surface area contributed by atoms with Crippen LogP contribution >= 0.6 is 0 Å². The Morgan fingerprint density at radius 2 is 2.07 bits per heavy atom. The van der Waals surface area contributed by atoms with Crippen LogP contribution in [0, 0.1) is 19.8 Å². The zero-order valence-electron chi connectivity index (χ0n) is 9.79. The molecule has 1 fully saturated rings. The molecule has 0 radical (unpaired) electrons. The van der Waals surface area contributed by atoms with Crippen molar-refractivity contribution in [2.24, 2.45) is 11.7 Å². The van der Waals surface area contributed by atoms with Crippen LogP contribution in [0.3, 0.4) is 0 Å². The van der Waals surface area contributed by atoms with E-state index in [1.54, 1.807) is 0 Å². The molecule has 0 bridgehead atoms. The van der Waals surface area contributed by atoms with Crippen molar-refractivity contribution in [2.75, 3.05) is 0 Å². The molecule has 2 rings (SSSR count). The van der Waals surface area contributed by atoms with E-state index >= 15 is 0 Å². The first-order valence-corrected chi connectivity index (χ1v) is 5.98. The fraction of sp³-hybridized carbons (Fsp3) is 0.571. The monoisotopic (exact) mass is 203 g/mol. The minimum absolute atomic E-state index is 0.436. The molecule has 1 aromatic rings. The lowest BCUT2D eigenvalue weighted by Crippen LogP contribution is -2.26. The average Bonchev–Trinajstić information content (AvgIpc) is 2.57. The van der Waals surface area contributed by atoms with Crippen LogP contribution in [0.2, 0.25) is 0 Å². The first-order chi connectivity index (χ1) is 7.16.